The molecule has 0 bridgehead atoms. The fraction of sp³-hybridized carbons (Fsp3) is 0.333. The first kappa shape index (κ1) is 16.3. The highest BCUT2D eigenvalue weighted by atomic mass is 32.2. The molecule has 9 heteroatoms. The summed E-state index contributed by atoms with van der Waals surface area (Å²) in [6.45, 7) is -0.271. The van der Waals surface area contributed by atoms with Gasteiger partial charge < -0.3 is 14.8 Å². The second kappa shape index (κ2) is 6.91. The number of esters is 1. The van der Waals surface area contributed by atoms with Gasteiger partial charge in [-0.25, -0.2) is 9.69 Å². The number of nitrogens with one attached hydrogen (secondary N) is 1. The van der Waals surface area contributed by atoms with Crippen LogP contribution in [0.4, 0.5) is 10.5 Å². The molecule has 0 aromatic heterocycles. The van der Waals surface area contributed by atoms with Crippen molar-refractivity contribution in [1.82, 2.24) is 4.90 Å². The van der Waals surface area contributed by atoms with Gasteiger partial charge in [0.25, 0.3) is 5.91 Å². The van der Waals surface area contributed by atoms with E-state index < -0.39 is 29.8 Å². The molecule has 2 aliphatic rings. The maximum atomic E-state index is 12.0. The van der Waals surface area contributed by atoms with E-state index in [0.717, 1.165) is 9.80 Å². The third-order valence-electron chi connectivity index (χ3n) is 3.48. The van der Waals surface area contributed by atoms with Crippen LogP contribution in [0.25, 0.3) is 0 Å². The van der Waals surface area contributed by atoms with Crippen molar-refractivity contribution in [3.63, 3.8) is 0 Å². The van der Waals surface area contributed by atoms with Gasteiger partial charge >= 0.3 is 12.1 Å². The summed E-state index contributed by atoms with van der Waals surface area (Å²) in [6.07, 6.45) is -0.905. The average molecular weight is 350 g/mol. The zero-order valence-electron chi connectivity index (χ0n) is 12.5. The molecule has 126 valence electrons. The molecule has 0 aliphatic carbocycles. The molecule has 2 aliphatic heterocycles. The van der Waals surface area contributed by atoms with Crippen molar-refractivity contribution in [2.75, 3.05) is 25.1 Å². The second-order valence-corrected chi connectivity index (χ2v) is 6.36. The Morgan fingerprint density at radius 2 is 2.12 bits per heavy atom. The number of para-hydroxylation sites is 1. The molecule has 0 spiro atoms. The average Bonchev–Trinajstić information content (AvgIpc) is 2.99. The fourth-order valence-corrected chi connectivity index (χ4v) is 3.37. The molecule has 1 aromatic rings. The molecule has 0 radical (unpaired) electrons. The Hall–Kier alpha value is -2.55. The highest BCUT2D eigenvalue weighted by Gasteiger charge is 2.31. The van der Waals surface area contributed by atoms with E-state index in [1.54, 1.807) is 6.07 Å². The van der Waals surface area contributed by atoms with Gasteiger partial charge in [-0.15, -0.1) is 11.8 Å². The molecular weight excluding hydrogens is 336 g/mol. The highest BCUT2D eigenvalue weighted by molar-refractivity contribution is 8.01. The Morgan fingerprint density at radius 1 is 1.33 bits per heavy atom. The summed E-state index contributed by atoms with van der Waals surface area (Å²) < 4.78 is 9.50. The predicted octanol–water partition coefficient (Wildman–Crippen LogP) is 1.01. The third-order valence-corrected chi connectivity index (χ3v) is 4.75. The zero-order valence-corrected chi connectivity index (χ0v) is 13.3. The van der Waals surface area contributed by atoms with Gasteiger partial charge in [0.05, 0.1) is 23.9 Å². The number of carbonyl (C=O) groups excluding carboxylic acids is 4. The van der Waals surface area contributed by atoms with Crippen LogP contribution < -0.4 is 5.32 Å². The number of benzene rings is 1. The number of fused-ring (bicyclic) bond motifs is 1. The summed E-state index contributed by atoms with van der Waals surface area (Å²) in [5.74, 6) is -1.61. The van der Waals surface area contributed by atoms with Crippen LogP contribution in [0.3, 0.4) is 0 Å². The largest absolute Gasteiger partial charge is 0.456 e. The van der Waals surface area contributed by atoms with Crippen molar-refractivity contribution in [2.45, 2.75) is 16.6 Å². The van der Waals surface area contributed by atoms with Crippen LogP contribution in [0.2, 0.25) is 0 Å². The summed E-state index contributed by atoms with van der Waals surface area (Å²) in [7, 11) is 0. The molecule has 24 heavy (non-hydrogen) atoms. The molecule has 2 heterocycles. The second-order valence-electron chi connectivity index (χ2n) is 5.12. The van der Waals surface area contributed by atoms with Crippen molar-refractivity contribution in [1.29, 1.82) is 0 Å². The molecule has 3 amide bonds. The van der Waals surface area contributed by atoms with Crippen LogP contribution >= 0.6 is 11.8 Å². The SMILES string of the molecule is O=C(C[C@@H]1Sc2ccccc2NC1=O)OCC(=O)N1CCOC1=O. The molecule has 1 atom stereocenters. The minimum absolute atomic E-state index is 0.136. The van der Waals surface area contributed by atoms with E-state index >= 15 is 0 Å². The van der Waals surface area contributed by atoms with Crippen LogP contribution in [0, 0.1) is 0 Å². The monoisotopic (exact) mass is 350 g/mol. The molecule has 8 nitrogen and oxygen atoms in total. The predicted molar refractivity (Wildman–Crippen MR) is 83.4 cm³/mol. The number of hydrogen-bond acceptors (Lipinski definition) is 7. The van der Waals surface area contributed by atoms with Crippen molar-refractivity contribution < 1.29 is 28.7 Å². The molecule has 0 saturated carbocycles. The number of carbonyl (C=O) groups is 4. The van der Waals surface area contributed by atoms with Crippen molar-refractivity contribution in [3.05, 3.63) is 24.3 Å². The first-order chi connectivity index (χ1) is 11.5. The Labute approximate surface area is 141 Å². The van der Waals surface area contributed by atoms with E-state index in [-0.39, 0.29) is 25.5 Å². The van der Waals surface area contributed by atoms with Gasteiger partial charge in [0, 0.05) is 4.90 Å². The van der Waals surface area contributed by atoms with Gasteiger partial charge in [-0.3, -0.25) is 14.4 Å². The quantitative estimate of drug-likeness (QED) is 0.809. The number of rotatable bonds is 4. The number of imide groups is 1. The van der Waals surface area contributed by atoms with Crippen LogP contribution in [0.1, 0.15) is 6.42 Å². The molecule has 1 N–H and O–H groups in total. The number of thioether (sulfide) groups is 1. The highest BCUT2D eigenvalue weighted by Crippen LogP contribution is 2.36. The van der Waals surface area contributed by atoms with Gasteiger partial charge in [-0.1, -0.05) is 12.1 Å². The minimum atomic E-state index is -0.741. The minimum Gasteiger partial charge on any atom is -0.456 e. The molecule has 1 saturated heterocycles. The Balaban J connectivity index is 1.51. The first-order valence-electron chi connectivity index (χ1n) is 7.24. The van der Waals surface area contributed by atoms with Crippen LogP contribution in [-0.4, -0.2) is 53.8 Å². The molecule has 1 aromatic carbocycles. The van der Waals surface area contributed by atoms with E-state index in [9.17, 15) is 19.2 Å². The van der Waals surface area contributed by atoms with Gasteiger partial charge in [-0.05, 0) is 12.1 Å². The van der Waals surface area contributed by atoms with Gasteiger partial charge in [0.15, 0.2) is 6.61 Å². The number of amides is 3. The van der Waals surface area contributed by atoms with E-state index in [4.69, 9.17) is 4.74 Å². The molecule has 0 unspecified atom stereocenters. The van der Waals surface area contributed by atoms with Gasteiger partial charge in [-0.2, -0.15) is 0 Å². The summed E-state index contributed by atoms with van der Waals surface area (Å²) in [6, 6.07) is 7.28. The maximum Gasteiger partial charge on any atom is 0.416 e. The van der Waals surface area contributed by atoms with E-state index in [1.165, 1.54) is 11.8 Å². The summed E-state index contributed by atoms with van der Waals surface area (Å²) in [5.41, 5.74) is 0.708. The van der Waals surface area contributed by atoms with Crippen molar-refractivity contribution >= 4 is 41.3 Å². The number of hydrogen-bond donors (Lipinski definition) is 1. The first-order valence-corrected chi connectivity index (χ1v) is 8.12. The third kappa shape index (κ3) is 3.51. The fourth-order valence-electron chi connectivity index (χ4n) is 2.28. The lowest BCUT2D eigenvalue weighted by atomic mass is 10.2. The Morgan fingerprint density at radius 3 is 2.88 bits per heavy atom. The standard InChI is InChI=1S/C15H14N2O6S/c18-12(17-5-6-22-15(17)21)8-23-13(19)7-11-14(20)16-9-3-1-2-4-10(9)24-11/h1-4,11H,5-8H2,(H,16,20)/t11-/m0/s1. The topological polar surface area (TPSA) is 102 Å². The number of anilines is 1. The normalized spacial score (nSPS) is 19.3. The Bertz CT molecular complexity index is 707. The molecule has 1 fully saturated rings. The number of ether oxygens (including phenoxy) is 2. The summed E-state index contributed by atoms with van der Waals surface area (Å²) >= 11 is 1.27. The van der Waals surface area contributed by atoms with E-state index in [0.29, 0.717) is 5.69 Å². The van der Waals surface area contributed by atoms with Crippen molar-refractivity contribution in [3.8, 4) is 0 Å². The Kier molecular flexibility index (Phi) is 4.70. The van der Waals surface area contributed by atoms with Gasteiger partial charge in [0.2, 0.25) is 5.91 Å². The molecule has 3 rings (SSSR count). The smallest absolute Gasteiger partial charge is 0.416 e. The lowest BCUT2D eigenvalue weighted by Gasteiger charge is -2.23. The summed E-state index contributed by atoms with van der Waals surface area (Å²) in [5, 5.41) is 2.10. The van der Waals surface area contributed by atoms with Crippen LogP contribution in [0.15, 0.2) is 29.2 Å². The van der Waals surface area contributed by atoms with Crippen LogP contribution in [0.5, 0.6) is 0 Å². The van der Waals surface area contributed by atoms with Crippen LogP contribution in [-0.2, 0) is 23.9 Å². The molecular formula is C15H14N2O6S. The maximum absolute atomic E-state index is 12.0. The van der Waals surface area contributed by atoms with Crippen molar-refractivity contribution in [2.24, 2.45) is 0 Å². The number of cyclic esters (lactones) is 1. The lowest BCUT2D eigenvalue weighted by Crippen LogP contribution is -2.36. The van der Waals surface area contributed by atoms with Gasteiger partial charge in [0.1, 0.15) is 6.61 Å². The van der Waals surface area contributed by atoms with E-state index in [1.807, 2.05) is 18.2 Å². The number of nitrogens with zero attached hydrogens (tertiary/aromatic N) is 1. The zero-order chi connectivity index (χ0) is 17.1. The van der Waals surface area contributed by atoms with E-state index in [2.05, 4.69) is 10.1 Å². The lowest BCUT2D eigenvalue weighted by molar-refractivity contribution is -0.151. The summed E-state index contributed by atoms with van der Waals surface area (Å²) in [4.78, 5) is 48.6.